The van der Waals surface area contributed by atoms with Gasteiger partial charge in [-0.2, -0.15) is 0 Å². The van der Waals surface area contributed by atoms with Gasteiger partial charge >= 0.3 is 0 Å². The van der Waals surface area contributed by atoms with E-state index in [2.05, 4.69) is 11.9 Å². The van der Waals surface area contributed by atoms with Crippen molar-refractivity contribution in [1.82, 2.24) is 4.90 Å². The standard InChI is InChI=1S/C16H19F2N3O2S/c1-3-16(23)20(2)10-15(22)19-11-4-5-13-12(8-11)21(6-7-24-13)9-14(17)18/h3-5,8,14H,1,6-7,9-10H2,2H3,(H,19,22). The van der Waals surface area contributed by atoms with E-state index in [1.807, 2.05) is 6.07 Å². The highest BCUT2D eigenvalue weighted by atomic mass is 32.2. The molecule has 2 rings (SSSR count). The third-order valence-electron chi connectivity index (χ3n) is 3.49. The van der Waals surface area contributed by atoms with Gasteiger partial charge in [0.1, 0.15) is 0 Å². The minimum Gasteiger partial charge on any atom is -0.364 e. The molecule has 24 heavy (non-hydrogen) atoms. The molecule has 5 nitrogen and oxygen atoms in total. The number of benzene rings is 1. The first-order valence-corrected chi connectivity index (χ1v) is 8.36. The average molecular weight is 355 g/mol. The van der Waals surface area contributed by atoms with E-state index in [0.717, 1.165) is 16.7 Å². The zero-order valence-electron chi connectivity index (χ0n) is 13.3. The summed E-state index contributed by atoms with van der Waals surface area (Å²) >= 11 is 1.60. The lowest BCUT2D eigenvalue weighted by atomic mass is 10.2. The van der Waals surface area contributed by atoms with Crippen LogP contribution in [-0.2, 0) is 9.59 Å². The predicted octanol–water partition coefficient (Wildman–Crippen LogP) is 2.45. The summed E-state index contributed by atoms with van der Waals surface area (Å²) in [6.45, 7) is 3.45. The molecule has 0 atom stereocenters. The smallest absolute Gasteiger partial charge is 0.255 e. The van der Waals surface area contributed by atoms with Crippen LogP contribution in [0.5, 0.6) is 0 Å². The van der Waals surface area contributed by atoms with Crippen molar-refractivity contribution in [3.8, 4) is 0 Å². The summed E-state index contributed by atoms with van der Waals surface area (Å²) in [6.07, 6.45) is -1.29. The molecule has 1 aromatic rings. The number of anilines is 2. The van der Waals surface area contributed by atoms with Crippen molar-refractivity contribution in [3.05, 3.63) is 30.9 Å². The number of likely N-dealkylation sites (N-methyl/N-ethyl adjacent to an activating group) is 1. The Hall–Kier alpha value is -2.09. The van der Waals surface area contributed by atoms with Crippen LogP contribution in [0.2, 0.25) is 0 Å². The van der Waals surface area contributed by atoms with Crippen molar-refractivity contribution in [1.29, 1.82) is 0 Å². The van der Waals surface area contributed by atoms with Gasteiger partial charge in [0.05, 0.1) is 18.8 Å². The Labute approximate surface area is 143 Å². The van der Waals surface area contributed by atoms with E-state index in [1.54, 1.807) is 28.8 Å². The molecule has 0 aromatic heterocycles. The van der Waals surface area contributed by atoms with Crippen molar-refractivity contribution < 1.29 is 18.4 Å². The maximum atomic E-state index is 12.7. The fourth-order valence-electron chi connectivity index (χ4n) is 2.36. The second-order valence-corrected chi connectivity index (χ2v) is 6.45. The Balaban J connectivity index is 2.08. The van der Waals surface area contributed by atoms with E-state index in [4.69, 9.17) is 0 Å². The summed E-state index contributed by atoms with van der Waals surface area (Å²) in [5, 5.41) is 2.69. The highest BCUT2D eigenvalue weighted by Gasteiger charge is 2.21. The molecule has 1 heterocycles. The monoisotopic (exact) mass is 355 g/mol. The van der Waals surface area contributed by atoms with Crippen molar-refractivity contribution in [3.63, 3.8) is 0 Å². The van der Waals surface area contributed by atoms with Gasteiger partial charge in [0.25, 0.3) is 6.43 Å². The number of hydrogen-bond acceptors (Lipinski definition) is 4. The van der Waals surface area contributed by atoms with Crippen LogP contribution in [0, 0.1) is 0 Å². The highest BCUT2D eigenvalue weighted by molar-refractivity contribution is 7.99. The number of carbonyl (C=O) groups is 2. The molecule has 0 fully saturated rings. The molecule has 0 spiro atoms. The van der Waals surface area contributed by atoms with Crippen LogP contribution in [0.25, 0.3) is 0 Å². The second kappa shape index (κ2) is 8.14. The van der Waals surface area contributed by atoms with Gasteiger partial charge in [-0.1, -0.05) is 6.58 Å². The number of nitrogens with one attached hydrogen (secondary N) is 1. The van der Waals surface area contributed by atoms with Crippen molar-refractivity contribution in [2.75, 3.05) is 42.7 Å². The van der Waals surface area contributed by atoms with E-state index >= 15 is 0 Å². The molecule has 130 valence electrons. The summed E-state index contributed by atoms with van der Waals surface area (Å²) in [7, 11) is 1.50. The summed E-state index contributed by atoms with van der Waals surface area (Å²) in [4.78, 5) is 27.2. The Morgan fingerprint density at radius 3 is 2.92 bits per heavy atom. The summed E-state index contributed by atoms with van der Waals surface area (Å²) in [6, 6.07) is 5.23. The first-order valence-electron chi connectivity index (χ1n) is 7.38. The quantitative estimate of drug-likeness (QED) is 0.797. The normalized spacial score (nSPS) is 13.4. The number of hydrogen-bond donors (Lipinski definition) is 1. The molecule has 0 saturated heterocycles. The molecule has 2 amide bonds. The lowest BCUT2D eigenvalue weighted by Gasteiger charge is -2.31. The Morgan fingerprint density at radius 1 is 1.50 bits per heavy atom. The van der Waals surface area contributed by atoms with Gasteiger partial charge < -0.3 is 15.1 Å². The van der Waals surface area contributed by atoms with Gasteiger partial charge in [-0.05, 0) is 24.3 Å². The minimum absolute atomic E-state index is 0.114. The van der Waals surface area contributed by atoms with Crippen LogP contribution in [-0.4, -0.2) is 55.6 Å². The molecule has 0 bridgehead atoms. The first-order chi connectivity index (χ1) is 11.4. The first kappa shape index (κ1) is 18.3. The van der Waals surface area contributed by atoms with Crippen molar-refractivity contribution in [2.24, 2.45) is 0 Å². The SMILES string of the molecule is C=CC(=O)N(C)CC(=O)Nc1ccc2c(c1)N(CC(F)F)CCS2. The molecule has 1 aliphatic rings. The fraction of sp³-hybridized carbons (Fsp3) is 0.375. The van der Waals surface area contributed by atoms with Crippen LogP contribution in [0.1, 0.15) is 0 Å². The molecule has 8 heteroatoms. The van der Waals surface area contributed by atoms with Crippen LogP contribution in [0.4, 0.5) is 20.2 Å². The maximum Gasteiger partial charge on any atom is 0.255 e. The number of rotatable bonds is 6. The Kier molecular flexibility index (Phi) is 6.19. The topological polar surface area (TPSA) is 52.7 Å². The lowest BCUT2D eigenvalue weighted by Crippen LogP contribution is -2.34. The number of alkyl halides is 2. The number of thioether (sulfide) groups is 1. The number of fused-ring (bicyclic) bond motifs is 1. The molecule has 1 aliphatic heterocycles. The van der Waals surface area contributed by atoms with E-state index < -0.39 is 6.43 Å². The molecular weight excluding hydrogens is 336 g/mol. The molecule has 0 aliphatic carbocycles. The van der Waals surface area contributed by atoms with Crippen LogP contribution >= 0.6 is 11.8 Å². The number of carbonyl (C=O) groups excluding carboxylic acids is 2. The van der Waals surface area contributed by atoms with E-state index in [0.29, 0.717) is 17.9 Å². The van der Waals surface area contributed by atoms with Gasteiger partial charge in [0.15, 0.2) is 0 Å². The van der Waals surface area contributed by atoms with Gasteiger partial charge in [0, 0.05) is 29.9 Å². The van der Waals surface area contributed by atoms with Gasteiger partial charge in [-0.25, -0.2) is 8.78 Å². The molecule has 0 saturated carbocycles. The maximum absolute atomic E-state index is 12.7. The highest BCUT2D eigenvalue weighted by Crippen LogP contribution is 2.36. The fourth-order valence-corrected chi connectivity index (χ4v) is 3.39. The molecule has 1 N–H and O–H groups in total. The average Bonchev–Trinajstić information content (AvgIpc) is 2.54. The Morgan fingerprint density at radius 2 is 2.25 bits per heavy atom. The van der Waals surface area contributed by atoms with Gasteiger partial charge in [-0.3, -0.25) is 9.59 Å². The molecule has 1 aromatic carbocycles. The third kappa shape index (κ3) is 4.70. The summed E-state index contributed by atoms with van der Waals surface area (Å²) < 4.78 is 25.4. The van der Waals surface area contributed by atoms with Crippen LogP contribution in [0.3, 0.4) is 0 Å². The third-order valence-corrected chi connectivity index (χ3v) is 4.54. The molecule has 0 radical (unpaired) electrons. The second-order valence-electron chi connectivity index (χ2n) is 5.31. The van der Waals surface area contributed by atoms with Crippen molar-refractivity contribution >= 4 is 35.0 Å². The molecule has 0 unspecified atom stereocenters. The van der Waals surface area contributed by atoms with Gasteiger partial charge in [-0.15, -0.1) is 11.8 Å². The predicted molar refractivity (Wildman–Crippen MR) is 91.8 cm³/mol. The van der Waals surface area contributed by atoms with Crippen LogP contribution < -0.4 is 10.2 Å². The summed E-state index contributed by atoms with van der Waals surface area (Å²) in [5.41, 5.74) is 1.21. The largest absolute Gasteiger partial charge is 0.364 e. The lowest BCUT2D eigenvalue weighted by molar-refractivity contribution is -0.129. The van der Waals surface area contributed by atoms with Crippen LogP contribution in [0.15, 0.2) is 35.7 Å². The van der Waals surface area contributed by atoms with Gasteiger partial charge in [0.2, 0.25) is 11.8 Å². The summed E-state index contributed by atoms with van der Waals surface area (Å²) in [5.74, 6) is 0.0338. The van der Waals surface area contributed by atoms with E-state index in [9.17, 15) is 18.4 Å². The zero-order valence-corrected chi connectivity index (χ0v) is 14.1. The number of amides is 2. The van der Waals surface area contributed by atoms with E-state index in [1.165, 1.54) is 11.9 Å². The number of nitrogens with zero attached hydrogens (tertiary/aromatic N) is 2. The zero-order chi connectivity index (χ0) is 17.7. The van der Waals surface area contributed by atoms with Crippen molar-refractivity contribution in [2.45, 2.75) is 11.3 Å². The minimum atomic E-state index is -2.42. The number of halogens is 2. The van der Waals surface area contributed by atoms with E-state index in [-0.39, 0.29) is 24.9 Å². The Bertz CT molecular complexity index is 640. The molecular formula is C16H19F2N3O2S.